The molecule has 1 saturated carbocycles. The fourth-order valence-corrected chi connectivity index (χ4v) is 2.14. The molecule has 1 N–H and O–H groups in total. The van der Waals surface area contributed by atoms with Crippen molar-refractivity contribution in [2.75, 3.05) is 0 Å². The van der Waals surface area contributed by atoms with Crippen molar-refractivity contribution < 1.29 is 9.90 Å². The van der Waals surface area contributed by atoms with Gasteiger partial charge in [0.1, 0.15) is 0 Å². The molecule has 3 rings (SSSR count). The summed E-state index contributed by atoms with van der Waals surface area (Å²) in [5.41, 5.74) is 2.54. The average Bonchev–Trinajstić information content (AvgIpc) is 3.04. The van der Waals surface area contributed by atoms with E-state index in [0.717, 1.165) is 23.7 Å². The van der Waals surface area contributed by atoms with E-state index in [0.29, 0.717) is 5.56 Å². The number of carbonyl (C=O) groups is 1. The highest BCUT2D eigenvalue weighted by Crippen LogP contribution is 2.31. The molecule has 2 aromatic heterocycles. The first kappa shape index (κ1) is 11.9. The smallest absolute Gasteiger partial charge is 0.337 e. The molecule has 2 aromatic rings. The number of aromatic nitrogens is 3. The largest absolute Gasteiger partial charge is 0.478 e. The van der Waals surface area contributed by atoms with Gasteiger partial charge < -0.3 is 5.11 Å². The molecule has 0 aromatic carbocycles. The lowest BCUT2D eigenvalue weighted by Crippen LogP contribution is -2.01. The molecule has 0 bridgehead atoms. The highest BCUT2D eigenvalue weighted by molar-refractivity contribution is 5.95. The van der Waals surface area contributed by atoms with Gasteiger partial charge in [0.25, 0.3) is 0 Å². The first-order valence-corrected chi connectivity index (χ1v) is 6.36. The number of carboxylic acids is 1. The van der Waals surface area contributed by atoms with Crippen LogP contribution in [0.15, 0.2) is 24.7 Å². The van der Waals surface area contributed by atoms with Crippen LogP contribution in [0.25, 0.3) is 11.1 Å². The van der Waals surface area contributed by atoms with Crippen molar-refractivity contribution in [2.45, 2.75) is 26.3 Å². The Kier molecular flexibility index (Phi) is 2.81. The molecular weight excluding hydrogens is 242 g/mol. The molecule has 19 heavy (non-hydrogen) atoms. The summed E-state index contributed by atoms with van der Waals surface area (Å²) in [5.74, 6) is -0.219. The minimum absolute atomic E-state index is 0.219. The van der Waals surface area contributed by atoms with Gasteiger partial charge in [0.2, 0.25) is 0 Å². The van der Waals surface area contributed by atoms with Gasteiger partial charge in [-0.2, -0.15) is 5.10 Å². The van der Waals surface area contributed by atoms with Gasteiger partial charge in [0.05, 0.1) is 11.8 Å². The highest BCUT2D eigenvalue weighted by Gasteiger charge is 2.22. The van der Waals surface area contributed by atoms with E-state index in [1.165, 1.54) is 19.0 Å². The van der Waals surface area contributed by atoms with Crippen LogP contribution in [0.1, 0.15) is 28.9 Å². The fraction of sp³-hybridized carbons (Fsp3) is 0.357. The van der Waals surface area contributed by atoms with Crippen LogP contribution in [0, 0.1) is 12.8 Å². The average molecular weight is 257 g/mol. The van der Waals surface area contributed by atoms with Crippen molar-refractivity contribution in [3.63, 3.8) is 0 Å². The Morgan fingerprint density at radius 1 is 1.47 bits per heavy atom. The maximum absolute atomic E-state index is 11.2. The molecule has 1 aliphatic carbocycles. The molecule has 0 amide bonds. The van der Waals surface area contributed by atoms with Crippen LogP contribution in [0.2, 0.25) is 0 Å². The van der Waals surface area contributed by atoms with E-state index in [-0.39, 0.29) is 5.56 Å². The van der Waals surface area contributed by atoms with Gasteiger partial charge in [0.15, 0.2) is 0 Å². The molecule has 0 saturated heterocycles. The van der Waals surface area contributed by atoms with Crippen LogP contribution in [-0.2, 0) is 6.54 Å². The molecule has 5 heteroatoms. The molecule has 0 radical (unpaired) electrons. The van der Waals surface area contributed by atoms with Crippen LogP contribution in [0.4, 0.5) is 0 Å². The minimum atomic E-state index is -0.961. The maximum Gasteiger partial charge on any atom is 0.337 e. The molecule has 0 atom stereocenters. The van der Waals surface area contributed by atoms with Gasteiger partial charge in [-0.15, -0.1) is 0 Å². The van der Waals surface area contributed by atoms with Gasteiger partial charge >= 0.3 is 5.97 Å². The Morgan fingerprint density at radius 2 is 2.26 bits per heavy atom. The summed E-state index contributed by atoms with van der Waals surface area (Å²) >= 11 is 0. The lowest BCUT2D eigenvalue weighted by atomic mass is 10.0. The third kappa shape index (κ3) is 2.50. The second-order valence-corrected chi connectivity index (χ2v) is 5.07. The van der Waals surface area contributed by atoms with Gasteiger partial charge in [-0.25, -0.2) is 4.79 Å². The zero-order valence-electron chi connectivity index (χ0n) is 10.7. The number of rotatable bonds is 4. The molecule has 0 aliphatic heterocycles. The lowest BCUT2D eigenvalue weighted by Gasteiger charge is -2.04. The van der Waals surface area contributed by atoms with Crippen molar-refractivity contribution >= 4 is 5.97 Å². The third-order valence-electron chi connectivity index (χ3n) is 3.36. The summed E-state index contributed by atoms with van der Waals surface area (Å²) in [6, 6.07) is 1.79. The van der Waals surface area contributed by atoms with Crippen molar-refractivity contribution in [3.05, 3.63) is 35.9 Å². The number of hydrogen-bond donors (Lipinski definition) is 1. The van der Waals surface area contributed by atoms with Crippen LogP contribution in [0.3, 0.4) is 0 Å². The molecule has 0 unspecified atom stereocenters. The number of hydrogen-bond acceptors (Lipinski definition) is 3. The molecule has 5 nitrogen and oxygen atoms in total. The van der Waals surface area contributed by atoms with Crippen molar-refractivity contribution in [3.8, 4) is 11.1 Å². The summed E-state index contributed by atoms with van der Waals surface area (Å²) in [5, 5.41) is 13.5. The van der Waals surface area contributed by atoms with Crippen molar-refractivity contribution in [2.24, 2.45) is 5.92 Å². The Balaban J connectivity index is 1.97. The van der Waals surface area contributed by atoms with Crippen LogP contribution >= 0.6 is 0 Å². The quantitative estimate of drug-likeness (QED) is 0.913. The SMILES string of the molecule is Cc1cc(-c2cnn(CC3CC3)c2)c(C(=O)O)cn1. The third-order valence-corrected chi connectivity index (χ3v) is 3.36. The number of pyridine rings is 1. The summed E-state index contributed by atoms with van der Waals surface area (Å²) in [4.78, 5) is 15.3. The Bertz CT molecular complexity index is 629. The molecule has 1 aliphatic rings. The van der Waals surface area contributed by atoms with Gasteiger partial charge in [-0.3, -0.25) is 9.67 Å². The van der Waals surface area contributed by atoms with Crippen LogP contribution in [-0.4, -0.2) is 25.8 Å². The predicted octanol–water partition coefficient (Wildman–Crippen LogP) is 2.36. The normalized spacial score (nSPS) is 14.6. The first-order chi connectivity index (χ1) is 9.13. The molecular formula is C14H15N3O2. The zero-order chi connectivity index (χ0) is 13.4. The maximum atomic E-state index is 11.2. The van der Waals surface area contributed by atoms with E-state index in [2.05, 4.69) is 10.1 Å². The minimum Gasteiger partial charge on any atom is -0.478 e. The van der Waals surface area contributed by atoms with E-state index < -0.39 is 5.97 Å². The monoisotopic (exact) mass is 257 g/mol. The zero-order valence-corrected chi connectivity index (χ0v) is 10.7. The number of aryl methyl sites for hydroxylation is 1. The van der Waals surface area contributed by atoms with Gasteiger partial charge in [-0.1, -0.05) is 0 Å². The Morgan fingerprint density at radius 3 is 2.95 bits per heavy atom. The summed E-state index contributed by atoms with van der Waals surface area (Å²) in [7, 11) is 0. The summed E-state index contributed by atoms with van der Waals surface area (Å²) in [6.07, 6.45) is 7.59. The summed E-state index contributed by atoms with van der Waals surface area (Å²) in [6.45, 7) is 2.77. The second kappa shape index (κ2) is 4.50. The molecule has 0 spiro atoms. The standard InChI is InChI=1S/C14H15N3O2/c1-9-4-12(13(6-15-9)14(18)19)11-5-16-17(8-11)7-10-2-3-10/h4-6,8,10H,2-3,7H2,1H3,(H,18,19). The van der Waals surface area contributed by atoms with E-state index >= 15 is 0 Å². The predicted molar refractivity (Wildman–Crippen MR) is 69.9 cm³/mol. The van der Waals surface area contributed by atoms with E-state index in [1.807, 2.05) is 17.8 Å². The van der Waals surface area contributed by atoms with Crippen molar-refractivity contribution in [1.82, 2.24) is 14.8 Å². The van der Waals surface area contributed by atoms with Gasteiger partial charge in [0, 0.05) is 35.8 Å². The van der Waals surface area contributed by atoms with Gasteiger partial charge in [-0.05, 0) is 31.7 Å². The van der Waals surface area contributed by atoms with Crippen molar-refractivity contribution in [1.29, 1.82) is 0 Å². The number of carboxylic acid groups (broad SMARTS) is 1. The molecule has 98 valence electrons. The van der Waals surface area contributed by atoms with Crippen LogP contribution < -0.4 is 0 Å². The van der Waals surface area contributed by atoms with E-state index in [4.69, 9.17) is 0 Å². The lowest BCUT2D eigenvalue weighted by molar-refractivity contribution is 0.0697. The number of aromatic carboxylic acids is 1. The van der Waals surface area contributed by atoms with Crippen LogP contribution in [0.5, 0.6) is 0 Å². The van der Waals surface area contributed by atoms with E-state index in [9.17, 15) is 9.90 Å². The fourth-order valence-electron chi connectivity index (χ4n) is 2.14. The Hall–Kier alpha value is -2.17. The number of nitrogens with zero attached hydrogens (tertiary/aromatic N) is 3. The first-order valence-electron chi connectivity index (χ1n) is 6.36. The highest BCUT2D eigenvalue weighted by atomic mass is 16.4. The van der Waals surface area contributed by atoms with E-state index in [1.54, 1.807) is 12.3 Å². The topological polar surface area (TPSA) is 68.0 Å². The molecule has 1 fully saturated rings. The summed E-state index contributed by atoms with van der Waals surface area (Å²) < 4.78 is 1.90. The molecule has 2 heterocycles. The Labute approximate surface area is 110 Å². The second-order valence-electron chi connectivity index (χ2n) is 5.07.